The number of carbonyl (C=O) groups excluding carboxylic acids is 1. The van der Waals surface area contributed by atoms with Gasteiger partial charge in [0.25, 0.3) is 0 Å². The Morgan fingerprint density at radius 3 is 2.69 bits per heavy atom. The van der Waals surface area contributed by atoms with Crippen LogP contribution in [-0.4, -0.2) is 53.9 Å². The van der Waals surface area contributed by atoms with E-state index in [1.165, 1.54) is 12.1 Å². The van der Waals surface area contributed by atoms with Crippen molar-refractivity contribution in [1.82, 2.24) is 15.2 Å². The molecular formula is C26H28F3N5O2. The number of halogens is 3. The summed E-state index contributed by atoms with van der Waals surface area (Å²) < 4.78 is 42.1. The summed E-state index contributed by atoms with van der Waals surface area (Å²) >= 11 is 0. The van der Waals surface area contributed by atoms with Gasteiger partial charge >= 0.3 is 6.36 Å². The summed E-state index contributed by atoms with van der Waals surface area (Å²) in [5.74, 6) is 0.957. The first kappa shape index (κ1) is 24.4. The molecule has 1 N–H and O–H groups in total. The average Bonchev–Trinajstić information content (AvgIpc) is 3.01. The van der Waals surface area contributed by atoms with Crippen molar-refractivity contribution < 1.29 is 22.7 Å². The summed E-state index contributed by atoms with van der Waals surface area (Å²) in [6, 6.07) is 12.0. The third-order valence-corrected chi connectivity index (χ3v) is 7.79. The Kier molecular flexibility index (Phi) is 6.29. The summed E-state index contributed by atoms with van der Waals surface area (Å²) in [4.78, 5) is 21.9. The normalized spacial score (nSPS) is 24.7. The van der Waals surface area contributed by atoms with Crippen LogP contribution in [0.5, 0.6) is 5.75 Å². The molecule has 3 atom stereocenters. The van der Waals surface area contributed by atoms with Crippen LogP contribution in [0.4, 0.5) is 19.0 Å². The number of nitriles is 1. The number of benzene rings is 1. The number of rotatable bonds is 6. The average molecular weight is 500 g/mol. The van der Waals surface area contributed by atoms with E-state index in [9.17, 15) is 18.0 Å². The Bertz CT molecular complexity index is 1160. The highest BCUT2D eigenvalue weighted by Crippen LogP contribution is 2.43. The van der Waals surface area contributed by atoms with Crippen molar-refractivity contribution in [3.8, 4) is 11.8 Å². The van der Waals surface area contributed by atoms with E-state index in [0.717, 1.165) is 31.5 Å². The van der Waals surface area contributed by atoms with E-state index < -0.39 is 11.9 Å². The number of carbonyl (C=O) groups is 1. The summed E-state index contributed by atoms with van der Waals surface area (Å²) in [5, 5.41) is 12.4. The van der Waals surface area contributed by atoms with Crippen LogP contribution in [0, 0.1) is 17.2 Å². The van der Waals surface area contributed by atoms with Crippen molar-refractivity contribution in [2.45, 2.75) is 56.6 Å². The van der Waals surface area contributed by atoms with Crippen LogP contribution >= 0.6 is 0 Å². The number of hydrogen-bond donors (Lipinski definition) is 1. The van der Waals surface area contributed by atoms with Gasteiger partial charge in [-0.25, -0.2) is 4.98 Å². The lowest BCUT2D eigenvalue weighted by Crippen LogP contribution is -2.59. The first-order valence-electron chi connectivity index (χ1n) is 12.2. The molecule has 3 aliphatic rings. The molecule has 0 radical (unpaired) electrons. The van der Waals surface area contributed by atoms with Crippen molar-refractivity contribution in [3.63, 3.8) is 0 Å². The fourth-order valence-electron chi connectivity index (χ4n) is 5.84. The van der Waals surface area contributed by atoms with Crippen LogP contribution in [0.2, 0.25) is 0 Å². The minimum Gasteiger partial charge on any atom is -0.406 e. The van der Waals surface area contributed by atoms with Crippen LogP contribution in [-0.2, 0) is 10.3 Å². The lowest BCUT2D eigenvalue weighted by Gasteiger charge is -2.45. The van der Waals surface area contributed by atoms with E-state index in [2.05, 4.69) is 32.9 Å². The number of piperazine rings is 1. The van der Waals surface area contributed by atoms with Crippen molar-refractivity contribution in [1.29, 1.82) is 5.26 Å². The highest BCUT2D eigenvalue weighted by molar-refractivity contribution is 5.79. The van der Waals surface area contributed by atoms with Gasteiger partial charge < -0.3 is 14.5 Å². The minimum atomic E-state index is -4.75. The Morgan fingerprint density at radius 2 is 2.08 bits per heavy atom. The molecule has 7 nitrogen and oxygen atoms in total. The topological polar surface area (TPSA) is 81.5 Å². The van der Waals surface area contributed by atoms with Gasteiger partial charge in [0, 0.05) is 30.9 Å². The standard InChI is InChI=1S/C26H28F3N5O2/c1-17-10-20-15-33(16-22(17)34(20)23-7-6-18(12-30)13-31-23)24(35)14-32-25(8-3-9-25)19-4-2-5-21(11-19)36-26(27,28)29/h2,4-7,11,13,17,20,22,32H,3,8-10,14-16H2,1H3/t17-,20?,22?/m0/s1. The van der Waals surface area contributed by atoms with Crippen molar-refractivity contribution in [2.75, 3.05) is 24.5 Å². The van der Waals surface area contributed by atoms with Gasteiger partial charge in [0.2, 0.25) is 5.91 Å². The molecule has 36 heavy (non-hydrogen) atoms. The van der Waals surface area contributed by atoms with Gasteiger partial charge in [0.05, 0.1) is 18.2 Å². The number of amides is 1. The molecule has 2 aromatic rings. The number of likely N-dealkylation sites (tertiary alicyclic amines) is 1. The Balaban J connectivity index is 1.24. The molecule has 5 rings (SSSR count). The van der Waals surface area contributed by atoms with E-state index in [-0.39, 0.29) is 30.3 Å². The van der Waals surface area contributed by atoms with Gasteiger partial charge in [-0.05, 0) is 61.4 Å². The van der Waals surface area contributed by atoms with Gasteiger partial charge in [0.1, 0.15) is 17.6 Å². The molecule has 1 aromatic heterocycles. The number of alkyl halides is 3. The molecule has 2 saturated heterocycles. The van der Waals surface area contributed by atoms with E-state index in [1.54, 1.807) is 24.4 Å². The lowest BCUT2D eigenvalue weighted by atomic mass is 9.71. The summed E-state index contributed by atoms with van der Waals surface area (Å²) in [7, 11) is 0. The monoisotopic (exact) mass is 499 g/mol. The highest BCUT2D eigenvalue weighted by Gasteiger charge is 2.46. The number of pyridine rings is 1. The Morgan fingerprint density at radius 1 is 1.28 bits per heavy atom. The molecule has 1 amide bonds. The molecule has 2 aliphatic heterocycles. The second-order valence-electron chi connectivity index (χ2n) is 10.0. The van der Waals surface area contributed by atoms with Gasteiger partial charge in [-0.2, -0.15) is 5.26 Å². The number of fused-ring (bicyclic) bond motifs is 2. The van der Waals surface area contributed by atoms with Crippen molar-refractivity contribution in [3.05, 3.63) is 53.7 Å². The minimum absolute atomic E-state index is 0.0134. The molecule has 2 bridgehead atoms. The van der Waals surface area contributed by atoms with Crippen molar-refractivity contribution in [2.24, 2.45) is 5.92 Å². The molecular weight excluding hydrogens is 471 g/mol. The number of nitrogens with zero attached hydrogens (tertiary/aromatic N) is 4. The van der Waals surface area contributed by atoms with Crippen LogP contribution in [0.25, 0.3) is 0 Å². The van der Waals surface area contributed by atoms with Gasteiger partial charge in [-0.3, -0.25) is 10.1 Å². The second kappa shape index (κ2) is 9.28. The number of aromatic nitrogens is 1. The predicted molar refractivity (Wildman–Crippen MR) is 126 cm³/mol. The van der Waals surface area contributed by atoms with Crippen LogP contribution < -0.4 is 15.0 Å². The highest BCUT2D eigenvalue weighted by atomic mass is 19.4. The summed E-state index contributed by atoms with van der Waals surface area (Å²) in [6.07, 6.45) is 0.212. The molecule has 190 valence electrons. The number of ether oxygens (including phenoxy) is 1. The smallest absolute Gasteiger partial charge is 0.406 e. The zero-order valence-corrected chi connectivity index (χ0v) is 20.0. The molecule has 1 saturated carbocycles. The zero-order chi connectivity index (χ0) is 25.5. The van der Waals surface area contributed by atoms with Crippen LogP contribution in [0.15, 0.2) is 42.6 Å². The lowest BCUT2D eigenvalue weighted by molar-refractivity contribution is -0.274. The molecule has 0 spiro atoms. The van der Waals surface area contributed by atoms with Crippen molar-refractivity contribution >= 4 is 11.7 Å². The molecule has 10 heteroatoms. The number of anilines is 1. The maximum absolute atomic E-state index is 13.2. The molecule has 2 unspecified atom stereocenters. The predicted octanol–water partition coefficient (Wildman–Crippen LogP) is 3.95. The van der Waals surface area contributed by atoms with Gasteiger partial charge in [-0.1, -0.05) is 19.1 Å². The number of nitrogens with one attached hydrogen (secondary N) is 1. The SMILES string of the molecule is C[C@H]1CC2CN(C(=O)CNC3(c4cccc(OC(F)(F)F)c4)CCC3)CC1N2c1ccc(C#N)cn1. The van der Waals surface area contributed by atoms with Gasteiger partial charge in [-0.15, -0.1) is 13.2 Å². The van der Waals surface area contributed by atoms with Crippen LogP contribution in [0.1, 0.15) is 43.7 Å². The summed E-state index contributed by atoms with van der Waals surface area (Å²) in [5.41, 5.74) is 0.689. The first-order valence-corrected chi connectivity index (χ1v) is 12.2. The molecule has 1 aromatic carbocycles. The zero-order valence-electron chi connectivity index (χ0n) is 20.0. The molecule has 1 aliphatic carbocycles. The van der Waals surface area contributed by atoms with E-state index in [4.69, 9.17) is 5.26 Å². The molecule has 3 fully saturated rings. The van der Waals surface area contributed by atoms with Crippen LogP contribution in [0.3, 0.4) is 0 Å². The Hall–Kier alpha value is -3.32. The van der Waals surface area contributed by atoms with E-state index >= 15 is 0 Å². The maximum Gasteiger partial charge on any atom is 0.573 e. The third kappa shape index (κ3) is 4.72. The second-order valence-corrected chi connectivity index (χ2v) is 10.0. The Labute approximate surface area is 207 Å². The fourth-order valence-corrected chi connectivity index (χ4v) is 5.84. The maximum atomic E-state index is 13.2. The largest absolute Gasteiger partial charge is 0.573 e. The summed E-state index contributed by atoms with van der Waals surface area (Å²) in [6.45, 7) is 3.48. The molecule has 3 heterocycles. The third-order valence-electron chi connectivity index (χ3n) is 7.79. The van der Waals surface area contributed by atoms with Gasteiger partial charge in [0.15, 0.2) is 0 Å². The fraction of sp³-hybridized carbons (Fsp3) is 0.500. The first-order chi connectivity index (χ1) is 17.2. The van der Waals surface area contributed by atoms with E-state index in [1.807, 2.05) is 11.0 Å². The number of hydrogen-bond acceptors (Lipinski definition) is 6. The van der Waals surface area contributed by atoms with E-state index in [0.29, 0.717) is 30.1 Å². The quantitative estimate of drug-likeness (QED) is 0.649.